The fourth-order valence-electron chi connectivity index (χ4n) is 1.55. The van der Waals surface area contributed by atoms with Crippen molar-refractivity contribution in [1.29, 1.82) is 0 Å². The van der Waals surface area contributed by atoms with Crippen LogP contribution in [0.1, 0.15) is 0 Å². The smallest absolute Gasteiger partial charge is 0.119 e. The molecule has 0 radical (unpaired) electrons. The Bertz CT molecular complexity index is 456. The van der Waals surface area contributed by atoms with Crippen molar-refractivity contribution in [3.05, 3.63) is 48.0 Å². The highest BCUT2D eigenvalue weighted by molar-refractivity contribution is 6.30. The number of imidazole rings is 1. The number of aromatic nitrogens is 2. The monoisotopic (exact) mass is 266 g/mol. The van der Waals surface area contributed by atoms with Crippen LogP contribution in [-0.2, 0) is 11.3 Å². The van der Waals surface area contributed by atoms with Crippen molar-refractivity contribution in [2.24, 2.45) is 0 Å². The van der Waals surface area contributed by atoms with E-state index in [0.29, 0.717) is 18.2 Å². The minimum atomic E-state index is -0.0186. The van der Waals surface area contributed by atoms with E-state index in [9.17, 15) is 0 Å². The third kappa shape index (κ3) is 3.75. The average molecular weight is 267 g/mol. The van der Waals surface area contributed by atoms with E-state index in [2.05, 4.69) is 4.98 Å². The van der Waals surface area contributed by atoms with Crippen LogP contribution in [0.4, 0.5) is 0 Å². The van der Waals surface area contributed by atoms with Gasteiger partial charge in [0.25, 0.3) is 0 Å². The van der Waals surface area contributed by atoms with Gasteiger partial charge < -0.3 is 14.0 Å². The summed E-state index contributed by atoms with van der Waals surface area (Å²) in [7, 11) is 1.67. The molecule has 1 unspecified atom stereocenters. The third-order valence-electron chi connectivity index (χ3n) is 2.56. The lowest BCUT2D eigenvalue weighted by atomic mass is 10.3. The zero-order valence-corrected chi connectivity index (χ0v) is 10.9. The van der Waals surface area contributed by atoms with Gasteiger partial charge in [-0.2, -0.15) is 0 Å². The van der Waals surface area contributed by atoms with Crippen LogP contribution < -0.4 is 4.74 Å². The molecule has 0 N–H and O–H groups in total. The van der Waals surface area contributed by atoms with Crippen LogP contribution in [0.3, 0.4) is 0 Å². The number of ether oxygens (including phenoxy) is 2. The molecule has 0 amide bonds. The highest BCUT2D eigenvalue weighted by Gasteiger charge is 2.09. The first-order valence-corrected chi connectivity index (χ1v) is 6.02. The summed E-state index contributed by atoms with van der Waals surface area (Å²) in [5.74, 6) is 0.784. The minimum Gasteiger partial charge on any atom is -0.491 e. The van der Waals surface area contributed by atoms with Crippen LogP contribution in [0.25, 0.3) is 0 Å². The number of nitrogens with zero attached hydrogens (tertiary/aromatic N) is 2. The van der Waals surface area contributed by atoms with Gasteiger partial charge in [-0.1, -0.05) is 11.6 Å². The second kappa shape index (κ2) is 6.42. The Labute approximate surface area is 111 Å². The summed E-state index contributed by atoms with van der Waals surface area (Å²) in [5.41, 5.74) is 0. The van der Waals surface area contributed by atoms with Crippen molar-refractivity contribution >= 4 is 11.6 Å². The van der Waals surface area contributed by atoms with Gasteiger partial charge in [-0.25, -0.2) is 4.98 Å². The van der Waals surface area contributed by atoms with Crippen molar-refractivity contribution in [3.8, 4) is 5.75 Å². The van der Waals surface area contributed by atoms with Crippen molar-refractivity contribution < 1.29 is 9.47 Å². The number of hydrogen-bond acceptors (Lipinski definition) is 3. The summed E-state index contributed by atoms with van der Waals surface area (Å²) in [5, 5.41) is 0.698. The van der Waals surface area contributed by atoms with E-state index in [1.807, 2.05) is 22.9 Å². The van der Waals surface area contributed by atoms with E-state index in [-0.39, 0.29) is 6.10 Å². The first kappa shape index (κ1) is 12.9. The Hall–Kier alpha value is -1.52. The third-order valence-corrected chi connectivity index (χ3v) is 2.81. The quantitative estimate of drug-likeness (QED) is 0.806. The molecule has 0 saturated carbocycles. The number of halogens is 1. The lowest BCUT2D eigenvalue weighted by Gasteiger charge is -2.16. The second-order valence-corrected chi connectivity index (χ2v) is 4.32. The Balaban J connectivity index is 1.85. The van der Waals surface area contributed by atoms with Crippen molar-refractivity contribution in [2.75, 3.05) is 13.7 Å². The van der Waals surface area contributed by atoms with Gasteiger partial charge >= 0.3 is 0 Å². The van der Waals surface area contributed by atoms with Crippen molar-refractivity contribution in [2.45, 2.75) is 12.6 Å². The lowest BCUT2D eigenvalue weighted by molar-refractivity contribution is 0.0458. The Kier molecular flexibility index (Phi) is 4.61. The summed E-state index contributed by atoms with van der Waals surface area (Å²) < 4.78 is 13.0. The molecular weight excluding hydrogens is 252 g/mol. The van der Waals surface area contributed by atoms with Gasteiger partial charge in [0.1, 0.15) is 18.5 Å². The van der Waals surface area contributed by atoms with Crippen LogP contribution in [0.2, 0.25) is 5.02 Å². The molecule has 1 aromatic carbocycles. The number of rotatable bonds is 6. The molecule has 18 heavy (non-hydrogen) atoms. The number of methoxy groups -OCH3 is 1. The first-order valence-electron chi connectivity index (χ1n) is 5.65. The van der Waals surface area contributed by atoms with Crippen LogP contribution in [0.5, 0.6) is 5.75 Å². The normalized spacial score (nSPS) is 12.3. The molecule has 5 heteroatoms. The van der Waals surface area contributed by atoms with Crippen LogP contribution >= 0.6 is 11.6 Å². The Morgan fingerprint density at radius 1 is 1.33 bits per heavy atom. The number of hydrogen-bond donors (Lipinski definition) is 0. The fourth-order valence-corrected chi connectivity index (χ4v) is 1.67. The summed E-state index contributed by atoms with van der Waals surface area (Å²) >= 11 is 5.81. The summed E-state index contributed by atoms with van der Waals surface area (Å²) in [4.78, 5) is 3.99. The molecule has 0 spiro atoms. The zero-order chi connectivity index (χ0) is 12.8. The van der Waals surface area contributed by atoms with Crippen molar-refractivity contribution in [1.82, 2.24) is 9.55 Å². The maximum atomic E-state index is 5.81. The topological polar surface area (TPSA) is 36.3 Å². The molecule has 0 fully saturated rings. The molecule has 1 atom stereocenters. The fraction of sp³-hybridized carbons (Fsp3) is 0.308. The van der Waals surface area contributed by atoms with E-state index >= 15 is 0 Å². The van der Waals surface area contributed by atoms with E-state index in [1.165, 1.54) is 0 Å². The van der Waals surface area contributed by atoms with Gasteiger partial charge in [0, 0.05) is 24.5 Å². The first-order chi connectivity index (χ1) is 8.78. The molecule has 96 valence electrons. The van der Waals surface area contributed by atoms with Crippen molar-refractivity contribution in [3.63, 3.8) is 0 Å². The second-order valence-electron chi connectivity index (χ2n) is 3.88. The maximum absolute atomic E-state index is 5.81. The molecule has 2 aromatic rings. The highest BCUT2D eigenvalue weighted by atomic mass is 35.5. The maximum Gasteiger partial charge on any atom is 0.119 e. The van der Waals surface area contributed by atoms with Crippen LogP contribution in [-0.4, -0.2) is 29.4 Å². The Morgan fingerprint density at radius 3 is 2.72 bits per heavy atom. The van der Waals surface area contributed by atoms with Gasteiger partial charge in [0.05, 0.1) is 12.9 Å². The summed E-state index contributed by atoms with van der Waals surface area (Å²) in [6, 6.07) is 7.28. The molecule has 0 saturated heterocycles. The van der Waals surface area contributed by atoms with Crippen LogP contribution in [0.15, 0.2) is 43.0 Å². The predicted molar refractivity (Wildman–Crippen MR) is 70.0 cm³/mol. The molecule has 0 aliphatic rings. The van der Waals surface area contributed by atoms with Crippen LogP contribution in [0, 0.1) is 0 Å². The number of benzene rings is 1. The summed E-state index contributed by atoms with van der Waals surface area (Å²) in [6.07, 6.45) is 5.38. The van der Waals surface area contributed by atoms with Gasteiger partial charge in [-0.05, 0) is 24.3 Å². The summed E-state index contributed by atoms with van der Waals surface area (Å²) in [6.45, 7) is 1.19. The highest BCUT2D eigenvalue weighted by Crippen LogP contribution is 2.16. The van der Waals surface area contributed by atoms with E-state index < -0.39 is 0 Å². The molecule has 0 aliphatic heterocycles. The molecule has 0 aliphatic carbocycles. The predicted octanol–water partition coefficient (Wildman–Crippen LogP) is 2.63. The molecule has 0 bridgehead atoms. The minimum absolute atomic E-state index is 0.0186. The van der Waals surface area contributed by atoms with E-state index in [1.54, 1.807) is 31.8 Å². The molecule has 2 rings (SSSR count). The standard InChI is InChI=1S/C13H15ClN2O2/c1-17-13(8-16-7-6-15-10-16)9-18-12-4-2-11(14)3-5-12/h2-7,10,13H,8-9H2,1H3. The lowest BCUT2D eigenvalue weighted by Crippen LogP contribution is -2.25. The van der Waals surface area contributed by atoms with E-state index in [0.717, 1.165) is 5.75 Å². The average Bonchev–Trinajstić information content (AvgIpc) is 2.89. The van der Waals surface area contributed by atoms with Gasteiger partial charge in [-0.3, -0.25) is 0 Å². The Morgan fingerprint density at radius 2 is 2.11 bits per heavy atom. The molecule has 1 aromatic heterocycles. The molecule has 4 nitrogen and oxygen atoms in total. The molecule has 1 heterocycles. The SMILES string of the molecule is COC(COc1ccc(Cl)cc1)Cn1ccnc1. The van der Waals surface area contributed by atoms with E-state index in [4.69, 9.17) is 21.1 Å². The zero-order valence-electron chi connectivity index (χ0n) is 10.1. The van der Waals surface area contributed by atoms with Gasteiger partial charge in [-0.15, -0.1) is 0 Å². The van der Waals surface area contributed by atoms with Gasteiger partial charge in [0.2, 0.25) is 0 Å². The van der Waals surface area contributed by atoms with Gasteiger partial charge in [0.15, 0.2) is 0 Å². The largest absolute Gasteiger partial charge is 0.491 e. The molecular formula is C13H15ClN2O2.